The number of hydrogen-bond donors (Lipinski definition) is 1. The summed E-state index contributed by atoms with van der Waals surface area (Å²) in [6.45, 7) is 7.80. The molecule has 2 aromatic rings. The van der Waals surface area contributed by atoms with Crippen LogP contribution in [-0.4, -0.2) is 69.6 Å². The van der Waals surface area contributed by atoms with Crippen molar-refractivity contribution in [3.05, 3.63) is 28.0 Å². The van der Waals surface area contributed by atoms with Crippen LogP contribution in [0.4, 0.5) is 0 Å². The molecular formula is C16H24N6OS. The van der Waals surface area contributed by atoms with Crippen LogP contribution in [0.25, 0.3) is 0 Å². The molecule has 0 radical (unpaired) electrons. The molecule has 4 heterocycles. The molecule has 8 heteroatoms. The summed E-state index contributed by atoms with van der Waals surface area (Å²) < 4.78 is 5.45. The van der Waals surface area contributed by atoms with Crippen molar-refractivity contribution < 1.29 is 4.74 Å². The molecule has 0 amide bonds. The van der Waals surface area contributed by atoms with Gasteiger partial charge in [-0.3, -0.25) is 14.9 Å². The summed E-state index contributed by atoms with van der Waals surface area (Å²) in [5.74, 6) is 0.533. The molecular weight excluding hydrogens is 324 g/mol. The van der Waals surface area contributed by atoms with Crippen molar-refractivity contribution in [3.8, 4) is 0 Å². The summed E-state index contributed by atoms with van der Waals surface area (Å²) in [4.78, 5) is 4.95. The number of hydrogen-bond acceptors (Lipinski definition) is 7. The van der Waals surface area contributed by atoms with E-state index in [2.05, 4.69) is 30.2 Å². The van der Waals surface area contributed by atoms with Crippen molar-refractivity contribution in [2.45, 2.75) is 31.8 Å². The van der Waals surface area contributed by atoms with Gasteiger partial charge in [0.05, 0.1) is 26.0 Å². The normalized spacial score (nSPS) is 23.6. The summed E-state index contributed by atoms with van der Waals surface area (Å²) >= 11 is 1.64. The van der Waals surface area contributed by atoms with Gasteiger partial charge in [0.15, 0.2) is 0 Å². The Balaban J connectivity index is 1.40. The van der Waals surface area contributed by atoms with E-state index < -0.39 is 0 Å². The highest BCUT2D eigenvalue weighted by Gasteiger charge is 2.26. The highest BCUT2D eigenvalue weighted by atomic mass is 32.1. The van der Waals surface area contributed by atoms with Gasteiger partial charge in [0.2, 0.25) is 0 Å². The second kappa shape index (κ2) is 7.69. The van der Waals surface area contributed by atoms with Crippen molar-refractivity contribution in [1.82, 2.24) is 30.2 Å². The van der Waals surface area contributed by atoms with Gasteiger partial charge in [-0.2, -0.15) is 5.10 Å². The van der Waals surface area contributed by atoms with Crippen molar-refractivity contribution in [2.24, 2.45) is 0 Å². The molecule has 2 fully saturated rings. The quantitative estimate of drug-likeness (QED) is 0.882. The summed E-state index contributed by atoms with van der Waals surface area (Å²) in [7, 11) is 0. The molecule has 0 spiro atoms. The SMILES string of the molecule is c1nnc(CN2CCCC(c3[nH]ncc3CN3CCOCC3)C2)s1. The van der Waals surface area contributed by atoms with E-state index in [9.17, 15) is 0 Å². The Hall–Kier alpha value is -1.35. The second-order valence-corrected chi connectivity index (χ2v) is 7.52. The van der Waals surface area contributed by atoms with Gasteiger partial charge < -0.3 is 4.74 Å². The van der Waals surface area contributed by atoms with Gasteiger partial charge in [-0.1, -0.05) is 0 Å². The summed E-state index contributed by atoms with van der Waals surface area (Å²) in [5.41, 5.74) is 4.48. The van der Waals surface area contributed by atoms with Crippen LogP contribution in [0.5, 0.6) is 0 Å². The van der Waals surface area contributed by atoms with Crippen LogP contribution < -0.4 is 0 Å². The van der Waals surface area contributed by atoms with Gasteiger partial charge in [0.1, 0.15) is 10.5 Å². The van der Waals surface area contributed by atoms with Crippen molar-refractivity contribution in [3.63, 3.8) is 0 Å². The Morgan fingerprint density at radius 3 is 2.96 bits per heavy atom. The average Bonchev–Trinajstić information content (AvgIpc) is 3.28. The number of likely N-dealkylation sites (tertiary alicyclic amines) is 1. The molecule has 1 atom stereocenters. The standard InChI is InChI=1S/C16H24N6OS/c1-2-13(9-22(3-1)11-15-19-18-12-24-15)16-14(8-17-20-16)10-21-4-6-23-7-5-21/h8,12-13H,1-7,9-11H2,(H,17,20). The van der Waals surface area contributed by atoms with E-state index in [0.29, 0.717) is 5.92 Å². The van der Waals surface area contributed by atoms with Gasteiger partial charge >= 0.3 is 0 Å². The number of nitrogens with zero attached hydrogens (tertiary/aromatic N) is 5. The highest BCUT2D eigenvalue weighted by Crippen LogP contribution is 2.29. The summed E-state index contributed by atoms with van der Waals surface area (Å²) in [5, 5.41) is 16.9. The molecule has 0 aliphatic carbocycles. The molecule has 7 nitrogen and oxygen atoms in total. The minimum Gasteiger partial charge on any atom is -0.379 e. The Morgan fingerprint density at radius 2 is 2.12 bits per heavy atom. The summed E-state index contributed by atoms with van der Waals surface area (Å²) in [6, 6.07) is 0. The fourth-order valence-corrected chi connectivity index (χ4v) is 4.26. The number of rotatable bonds is 5. The van der Waals surface area contributed by atoms with Gasteiger partial charge in [0.25, 0.3) is 0 Å². The first-order chi connectivity index (χ1) is 11.9. The van der Waals surface area contributed by atoms with Crippen LogP contribution in [0.2, 0.25) is 0 Å². The van der Waals surface area contributed by atoms with E-state index >= 15 is 0 Å². The zero-order chi connectivity index (χ0) is 16.2. The molecule has 0 saturated carbocycles. The van der Waals surface area contributed by atoms with E-state index in [1.165, 1.54) is 24.1 Å². The van der Waals surface area contributed by atoms with E-state index in [0.717, 1.165) is 57.5 Å². The van der Waals surface area contributed by atoms with E-state index in [-0.39, 0.29) is 0 Å². The molecule has 24 heavy (non-hydrogen) atoms. The van der Waals surface area contributed by atoms with Crippen LogP contribution in [0.1, 0.15) is 35.0 Å². The number of aromatic amines is 1. The topological polar surface area (TPSA) is 70.2 Å². The second-order valence-electron chi connectivity index (χ2n) is 6.60. The lowest BCUT2D eigenvalue weighted by Crippen LogP contribution is -2.37. The smallest absolute Gasteiger partial charge is 0.131 e. The lowest BCUT2D eigenvalue weighted by molar-refractivity contribution is 0.0339. The first kappa shape index (κ1) is 16.1. The van der Waals surface area contributed by atoms with Crippen LogP contribution in [0.15, 0.2) is 11.7 Å². The molecule has 2 aromatic heterocycles. The van der Waals surface area contributed by atoms with Crippen molar-refractivity contribution >= 4 is 11.3 Å². The van der Waals surface area contributed by atoms with Gasteiger partial charge in [-0.05, 0) is 19.4 Å². The minimum absolute atomic E-state index is 0.533. The maximum Gasteiger partial charge on any atom is 0.131 e. The molecule has 0 bridgehead atoms. The molecule has 1 N–H and O–H groups in total. The van der Waals surface area contributed by atoms with Crippen LogP contribution in [0, 0.1) is 0 Å². The Labute approximate surface area is 146 Å². The van der Waals surface area contributed by atoms with Crippen molar-refractivity contribution in [1.29, 1.82) is 0 Å². The maximum absolute atomic E-state index is 5.45. The van der Waals surface area contributed by atoms with Gasteiger partial charge in [-0.15, -0.1) is 21.5 Å². The first-order valence-electron chi connectivity index (χ1n) is 8.68. The number of morpholine rings is 1. The van der Waals surface area contributed by atoms with E-state index in [1.807, 2.05) is 11.7 Å². The van der Waals surface area contributed by atoms with Crippen LogP contribution in [0.3, 0.4) is 0 Å². The lowest BCUT2D eigenvalue weighted by Gasteiger charge is -2.32. The molecule has 0 aromatic carbocycles. The highest BCUT2D eigenvalue weighted by molar-refractivity contribution is 7.09. The number of ether oxygens (including phenoxy) is 1. The Kier molecular flexibility index (Phi) is 5.17. The van der Waals surface area contributed by atoms with E-state index in [4.69, 9.17) is 4.74 Å². The van der Waals surface area contributed by atoms with Gasteiger partial charge in [-0.25, -0.2) is 0 Å². The van der Waals surface area contributed by atoms with Crippen LogP contribution in [-0.2, 0) is 17.8 Å². The van der Waals surface area contributed by atoms with Gasteiger partial charge in [0, 0.05) is 43.4 Å². The predicted octanol–water partition coefficient (Wildman–Crippen LogP) is 1.47. The third-order valence-electron chi connectivity index (χ3n) is 4.93. The predicted molar refractivity (Wildman–Crippen MR) is 91.8 cm³/mol. The Bertz CT molecular complexity index is 624. The Morgan fingerprint density at radius 1 is 1.21 bits per heavy atom. The molecule has 130 valence electrons. The molecule has 1 unspecified atom stereocenters. The first-order valence-corrected chi connectivity index (χ1v) is 9.56. The minimum atomic E-state index is 0.533. The molecule has 2 saturated heterocycles. The monoisotopic (exact) mass is 348 g/mol. The number of nitrogens with one attached hydrogen (secondary N) is 1. The van der Waals surface area contributed by atoms with E-state index in [1.54, 1.807) is 11.3 Å². The zero-order valence-electron chi connectivity index (χ0n) is 13.9. The van der Waals surface area contributed by atoms with Crippen LogP contribution >= 0.6 is 11.3 Å². The zero-order valence-corrected chi connectivity index (χ0v) is 14.7. The third-order valence-corrected chi connectivity index (χ3v) is 5.61. The number of aromatic nitrogens is 4. The largest absolute Gasteiger partial charge is 0.379 e. The fourth-order valence-electron chi connectivity index (χ4n) is 3.69. The van der Waals surface area contributed by atoms with Crippen molar-refractivity contribution in [2.75, 3.05) is 39.4 Å². The molecule has 2 aliphatic heterocycles. The maximum atomic E-state index is 5.45. The number of piperidine rings is 1. The average molecular weight is 348 g/mol. The fraction of sp³-hybridized carbons (Fsp3) is 0.688. The molecule has 4 rings (SSSR count). The molecule has 2 aliphatic rings. The third kappa shape index (κ3) is 3.83. The lowest BCUT2D eigenvalue weighted by atomic mass is 9.92. The summed E-state index contributed by atoms with van der Waals surface area (Å²) in [6.07, 6.45) is 4.46. The number of H-pyrrole nitrogens is 1.